The fraction of sp³-hybridized carbons (Fsp3) is 0.444. The van der Waals surface area contributed by atoms with Crippen molar-refractivity contribution < 1.29 is 19.1 Å². The first-order chi connectivity index (χ1) is 15.8. The van der Waals surface area contributed by atoms with Crippen LogP contribution in [0.25, 0.3) is 0 Å². The maximum Gasteiger partial charge on any atom is 0.407 e. The molecule has 6 nitrogen and oxygen atoms in total. The predicted octanol–water partition coefficient (Wildman–Crippen LogP) is 5.15. The lowest BCUT2D eigenvalue weighted by Gasteiger charge is -2.33. The van der Waals surface area contributed by atoms with Gasteiger partial charge in [0.2, 0.25) is 5.91 Å². The van der Waals surface area contributed by atoms with Crippen LogP contribution < -0.4 is 5.32 Å². The van der Waals surface area contributed by atoms with E-state index in [1.165, 1.54) is 0 Å². The molecule has 0 aliphatic carbocycles. The molecule has 1 saturated heterocycles. The Morgan fingerprint density at radius 2 is 1.70 bits per heavy atom. The molecule has 178 valence electrons. The van der Waals surface area contributed by atoms with Crippen LogP contribution in [-0.2, 0) is 16.1 Å². The predicted molar refractivity (Wildman–Crippen MR) is 130 cm³/mol. The van der Waals surface area contributed by atoms with Crippen molar-refractivity contribution in [1.82, 2.24) is 10.2 Å². The van der Waals surface area contributed by atoms with Crippen LogP contribution in [0.4, 0.5) is 4.79 Å². The fourth-order valence-electron chi connectivity index (χ4n) is 3.84. The molecule has 1 atom stereocenters. The molecule has 2 amide bonds. The summed E-state index contributed by atoms with van der Waals surface area (Å²) in [7, 11) is 0. The maximum absolute atomic E-state index is 13.1. The Bertz CT molecular complexity index is 940. The molecular formula is C27H36N2O4. The Kier molecular flexibility index (Phi) is 9.64. The van der Waals surface area contributed by atoms with Gasteiger partial charge in [-0.25, -0.2) is 4.79 Å². The van der Waals surface area contributed by atoms with Gasteiger partial charge in [0.1, 0.15) is 6.61 Å². The summed E-state index contributed by atoms with van der Waals surface area (Å²) in [5, 5.41) is 2.78. The number of nitrogens with one attached hydrogen (secondary N) is 1. The second-order valence-corrected chi connectivity index (χ2v) is 8.83. The van der Waals surface area contributed by atoms with E-state index in [0.717, 1.165) is 11.1 Å². The summed E-state index contributed by atoms with van der Waals surface area (Å²) in [6, 6.07) is 16.5. The number of ketones is 1. The largest absolute Gasteiger partial charge is 0.445 e. The Morgan fingerprint density at radius 3 is 2.36 bits per heavy atom. The van der Waals surface area contributed by atoms with Crippen molar-refractivity contribution in [3.63, 3.8) is 0 Å². The summed E-state index contributed by atoms with van der Waals surface area (Å²) < 4.78 is 5.26. The van der Waals surface area contributed by atoms with Gasteiger partial charge >= 0.3 is 6.09 Å². The van der Waals surface area contributed by atoms with E-state index >= 15 is 0 Å². The van der Waals surface area contributed by atoms with Gasteiger partial charge in [-0.3, -0.25) is 9.59 Å². The number of carbonyl (C=O) groups excluding carboxylic acids is 3. The van der Waals surface area contributed by atoms with Gasteiger partial charge in [-0.05, 0) is 29.9 Å². The topological polar surface area (TPSA) is 75.7 Å². The van der Waals surface area contributed by atoms with Crippen molar-refractivity contribution >= 4 is 17.8 Å². The van der Waals surface area contributed by atoms with E-state index in [1.807, 2.05) is 89.2 Å². The van der Waals surface area contributed by atoms with Crippen LogP contribution in [0.3, 0.4) is 0 Å². The number of alkyl carbamates (subject to hydrolysis) is 1. The number of nitrogens with zero attached hydrogens (tertiary/aromatic N) is 1. The highest BCUT2D eigenvalue weighted by Crippen LogP contribution is 2.28. The third kappa shape index (κ3) is 7.45. The van der Waals surface area contributed by atoms with E-state index in [-0.39, 0.29) is 18.3 Å². The van der Waals surface area contributed by atoms with Crippen molar-refractivity contribution in [2.45, 2.75) is 60.1 Å². The first kappa shape index (κ1) is 26.1. The Morgan fingerprint density at radius 1 is 1.06 bits per heavy atom. The molecule has 1 aliphatic rings. The van der Waals surface area contributed by atoms with E-state index in [2.05, 4.69) is 5.32 Å². The second-order valence-electron chi connectivity index (χ2n) is 8.83. The van der Waals surface area contributed by atoms with Gasteiger partial charge in [-0.2, -0.15) is 0 Å². The number of likely N-dealkylation sites (tertiary alicyclic amines) is 1. The van der Waals surface area contributed by atoms with Crippen LogP contribution in [0.15, 0.2) is 54.6 Å². The maximum atomic E-state index is 13.1. The number of hydrogen-bond donors (Lipinski definition) is 1. The number of rotatable bonds is 8. The van der Waals surface area contributed by atoms with Gasteiger partial charge in [0.15, 0.2) is 5.78 Å². The molecule has 0 saturated carbocycles. The number of benzene rings is 2. The van der Waals surface area contributed by atoms with Gasteiger partial charge in [0.05, 0.1) is 6.04 Å². The molecule has 2 aromatic rings. The fourth-order valence-corrected chi connectivity index (χ4v) is 3.84. The third-order valence-corrected chi connectivity index (χ3v) is 5.56. The van der Waals surface area contributed by atoms with Crippen molar-refractivity contribution in [3.8, 4) is 0 Å². The second kappa shape index (κ2) is 12.2. The van der Waals surface area contributed by atoms with E-state index in [1.54, 1.807) is 4.90 Å². The van der Waals surface area contributed by atoms with Gasteiger partial charge < -0.3 is 15.0 Å². The summed E-state index contributed by atoms with van der Waals surface area (Å²) in [5.41, 5.74) is 2.06. The molecule has 1 heterocycles. The normalized spacial score (nSPS) is 15.5. The van der Waals surface area contributed by atoms with Gasteiger partial charge in [0, 0.05) is 25.1 Å². The van der Waals surface area contributed by atoms with Crippen molar-refractivity contribution in [3.05, 3.63) is 71.3 Å². The molecule has 33 heavy (non-hydrogen) atoms. The number of hydrogen-bond acceptors (Lipinski definition) is 4. The quantitative estimate of drug-likeness (QED) is 0.562. The smallest absolute Gasteiger partial charge is 0.407 e. The van der Waals surface area contributed by atoms with Gasteiger partial charge in [-0.15, -0.1) is 0 Å². The van der Waals surface area contributed by atoms with Crippen molar-refractivity contribution in [2.24, 2.45) is 5.41 Å². The third-order valence-electron chi connectivity index (χ3n) is 5.56. The molecule has 3 rings (SSSR count). The van der Waals surface area contributed by atoms with Crippen LogP contribution >= 0.6 is 0 Å². The zero-order valence-electron chi connectivity index (χ0n) is 20.4. The van der Waals surface area contributed by atoms with E-state index < -0.39 is 17.6 Å². The SMILES string of the molecule is CC.Cc1ccccc1C(=O)C1CCC(=O)N1CC(C)(C)CNC(=O)OCc1ccccc1. The first-order valence-electron chi connectivity index (χ1n) is 11.6. The average molecular weight is 453 g/mol. The summed E-state index contributed by atoms with van der Waals surface area (Å²) in [6.45, 7) is 10.7. The summed E-state index contributed by atoms with van der Waals surface area (Å²) in [5.74, 6) is -0.0401. The van der Waals surface area contributed by atoms with Crippen LogP contribution in [0.5, 0.6) is 0 Å². The monoisotopic (exact) mass is 452 g/mol. The highest BCUT2D eigenvalue weighted by atomic mass is 16.5. The molecular weight excluding hydrogens is 416 g/mol. The molecule has 0 radical (unpaired) electrons. The minimum atomic E-state index is -0.503. The average Bonchev–Trinajstić information content (AvgIpc) is 3.17. The van der Waals surface area contributed by atoms with Gasteiger partial charge in [0.25, 0.3) is 0 Å². The van der Waals surface area contributed by atoms with Crippen LogP contribution in [0.2, 0.25) is 0 Å². The first-order valence-corrected chi connectivity index (χ1v) is 11.6. The standard InChI is InChI=1S/C25H30N2O4.C2H6/c1-18-9-7-8-12-20(18)23(29)21-13-14-22(28)27(21)17-25(2,3)16-26-24(30)31-15-19-10-5-4-6-11-19;1-2/h4-12,21H,13-17H2,1-3H3,(H,26,30);1-2H3. The van der Waals surface area contributed by atoms with Crippen molar-refractivity contribution in [2.75, 3.05) is 13.1 Å². The molecule has 1 N–H and O–H groups in total. The van der Waals surface area contributed by atoms with E-state index in [0.29, 0.717) is 31.5 Å². The highest BCUT2D eigenvalue weighted by molar-refractivity contribution is 6.04. The Balaban J connectivity index is 0.00000187. The lowest BCUT2D eigenvalue weighted by molar-refractivity contribution is -0.129. The summed E-state index contributed by atoms with van der Waals surface area (Å²) in [4.78, 5) is 39.4. The number of ether oxygens (including phenoxy) is 1. The molecule has 0 spiro atoms. The van der Waals surface area contributed by atoms with Gasteiger partial charge in [-0.1, -0.05) is 82.3 Å². The van der Waals surface area contributed by atoms with E-state index in [4.69, 9.17) is 4.74 Å². The summed E-state index contributed by atoms with van der Waals surface area (Å²) >= 11 is 0. The highest BCUT2D eigenvalue weighted by Gasteiger charge is 2.39. The lowest BCUT2D eigenvalue weighted by Crippen LogP contribution is -2.47. The minimum Gasteiger partial charge on any atom is -0.445 e. The number of carbonyl (C=O) groups is 3. The zero-order valence-corrected chi connectivity index (χ0v) is 20.4. The number of Topliss-reactive ketones (excluding diaryl/α,β-unsaturated/α-hetero) is 1. The molecule has 1 fully saturated rings. The number of aryl methyl sites for hydroxylation is 1. The van der Waals surface area contributed by atoms with Crippen molar-refractivity contribution in [1.29, 1.82) is 0 Å². The van der Waals surface area contributed by atoms with Crippen LogP contribution in [0.1, 0.15) is 62.0 Å². The minimum absolute atomic E-state index is 0.0185. The van der Waals surface area contributed by atoms with Crippen LogP contribution in [-0.4, -0.2) is 41.8 Å². The molecule has 0 bridgehead atoms. The summed E-state index contributed by atoms with van der Waals surface area (Å²) in [6.07, 6.45) is 0.386. The molecule has 1 unspecified atom stereocenters. The van der Waals surface area contributed by atoms with Crippen LogP contribution in [0, 0.1) is 12.3 Å². The lowest BCUT2D eigenvalue weighted by atomic mass is 9.91. The molecule has 6 heteroatoms. The van der Waals surface area contributed by atoms with E-state index in [9.17, 15) is 14.4 Å². The molecule has 0 aromatic heterocycles. The molecule has 1 aliphatic heterocycles. The Labute approximate surface area is 197 Å². The zero-order chi connectivity index (χ0) is 24.4. The molecule has 2 aromatic carbocycles. The Hall–Kier alpha value is -3.15. The number of amides is 2.